The Morgan fingerprint density at radius 2 is 1.15 bits per heavy atom. The number of carbonyl (C=O) groups excluding carboxylic acids is 1. The lowest BCUT2D eigenvalue weighted by Gasteiger charge is -2.05. The number of phenolic OH excluding ortho intramolecular Hbond substituents is 2. The first-order valence-corrected chi connectivity index (χ1v) is 13.4. The first kappa shape index (κ1) is 38.7. The van der Waals surface area contributed by atoms with Gasteiger partial charge < -0.3 is 15.1 Å². The Kier molecular flexibility index (Phi) is 16.1. The van der Waals surface area contributed by atoms with E-state index in [0.29, 0.717) is 11.3 Å². The van der Waals surface area contributed by atoms with Gasteiger partial charge >= 0.3 is 0 Å². The number of aromatic hydroxyl groups is 2. The zero-order valence-electron chi connectivity index (χ0n) is 25.6. The van der Waals surface area contributed by atoms with Gasteiger partial charge in [-0.25, -0.2) is 5.90 Å². The third-order valence-electron chi connectivity index (χ3n) is 6.22. The number of rotatable bonds is 9. The topological polar surface area (TPSA) is 201 Å². The van der Waals surface area contributed by atoms with Crippen LogP contribution >= 0.6 is 12.4 Å². The first-order valence-electron chi connectivity index (χ1n) is 13.4. The Balaban J connectivity index is 0.000000374. The summed E-state index contributed by atoms with van der Waals surface area (Å²) in [4.78, 5) is 40.3. The summed E-state index contributed by atoms with van der Waals surface area (Å²) in [6.07, 6.45) is 0. The summed E-state index contributed by atoms with van der Waals surface area (Å²) < 4.78 is 0. The van der Waals surface area contributed by atoms with Crippen molar-refractivity contribution in [1.29, 1.82) is 0 Å². The van der Waals surface area contributed by atoms with Crippen molar-refractivity contribution in [3.8, 4) is 11.5 Å². The van der Waals surface area contributed by atoms with Crippen LogP contribution in [0.4, 0.5) is 11.4 Å². The first-order chi connectivity index (χ1) is 21.3. The molecular weight excluding hydrogens is 620 g/mol. The van der Waals surface area contributed by atoms with Crippen LogP contribution in [-0.4, -0.2) is 31.6 Å². The summed E-state index contributed by atoms with van der Waals surface area (Å²) in [5.41, 5.74) is 5.24. The number of oxime groups is 1. The van der Waals surface area contributed by atoms with Crippen LogP contribution in [0.1, 0.15) is 52.0 Å². The van der Waals surface area contributed by atoms with E-state index in [1.54, 1.807) is 62.4 Å². The molecule has 0 aliphatic heterocycles. The molecule has 0 radical (unpaired) electrons. The zero-order valence-corrected chi connectivity index (χ0v) is 26.4. The third kappa shape index (κ3) is 12.7. The number of aryl methyl sites for hydroxylation is 2. The van der Waals surface area contributed by atoms with Crippen LogP contribution < -0.4 is 5.90 Å². The lowest BCUT2D eigenvalue weighted by molar-refractivity contribution is -0.385. The van der Waals surface area contributed by atoms with Gasteiger partial charge in [-0.1, -0.05) is 29.4 Å². The number of nitrogens with zero attached hydrogens (tertiary/aromatic N) is 3. The SMILES string of the molecule is C/C(=N\OCc1ccc([N+](=O)[O-])cc1)c1ccc(C)c(O)c1.CC(=O)c1ccc(C)c(O)c1.Cl.NOCc1ccc([N+](=O)[O-])cc1. The Morgan fingerprint density at radius 1 is 0.739 bits per heavy atom. The maximum atomic E-state index is 10.8. The van der Waals surface area contributed by atoms with E-state index in [2.05, 4.69) is 9.99 Å². The molecule has 0 saturated heterocycles. The second-order valence-corrected chi connectivity index (χ2v) is 9.67. The van der Waals surface area contributed by atoms with Crippen molar-refractivity contribution in [3.63, 3.8) is 0 Å². The predicted molar refractivity (Wildman–Crippen MR) is 175 cm³/mol. The van der Waals surface area contributed by atoms with Crippen molar-refractivity contribution < 1.29 is 34.5 Å². The standard InChI is InChI=1S/C16H16N2O4.C9H10O2.C7H8N2O3.ClH/c1-11-3-6-14(9-16(11)19)12(2)17-22-10-13-4-7-15(8-5-13)18(20)21;1-6-3-4-8(7(2)10)5-9(6)11;8-12-5-6-1-3-7(4-2-6)9(10)11;/h3-9,19H,10H2,1-2H3;3-5,11H,1-2H3;1-4H,5,8H2;1H/b17-12+;;;. The lowest BCUT2D eigenvalue weighted by Crippen LogP contribution is -1.98. The number of Topliss-reactive ketones (excluding diaryl/α,β-unsaturated/α-hetero) is 1. The maximum Gasteiger partial charge on any atom is 0.269 e. The van der Waals surface area contributed by atoms with E-state index in [0.717, 1.165) is 27.8 Å². The minimum atomic E-state index is -0.451. The molecule has 0 bridgehead atoms. The van der Waals surface area contributed by atoms with E-state index in [1.807, 2.05) is 13.0 Å². The fraction of sp³-hybridized carbons (Fsp3) is 0.188. The van der Waals surface area contributed by atoms with Gasteiger partial charge in [0.15, 0.2) is 5.78 Å². The van der Waals surface area contributed by atoms with Crippen molar-refractivity contribution in [2.24, 2.45) is 11.1 Å². The van der Waals surface area contributed by atoms with Crippen LogP contribution in [0, 0.1) is 34.1 Å². The number of nitrogens with two attached hydrogens (primary N) is 1. The molecule has 0 atom stereocenters. The average Bonchev–Trinajstić information content (AvgIpc) is 3.01. The number of phenols is 2. The smallest absolute Gasteiger partial charge is 0.269 e. The van der Waals surface area contributed by atoms with Gasteiger partial charge in [0.25, 0.3) is 11.4 Å². The van der Waals surface area contributed by atoms with Crippen LogP contribution in [0.25, 0.3) is 0 Å². The normalized spacial score (nSPS) is 10.2. The van der Waals surface area contributed by atoms with Gasteiger partial charge in [0.05, 0.1) is 22.2 Å². The lowest BCUT2D eigenvalue weighted by atomic mass is 10.1. The monoisotopic (exact) mass is 654 g/mol. The van der Waals surface area contributed by atoms with Crippen molar-refractivity contribution >= 4 is 35.3 Å². The Morgan fingerprint density at radius 3 is 1.54 bits per heavy atom. The van der Waals surface area contributed by atoms with E-state index in [1.165, 1.54) is 37.3 Å². The number of carbonyl (C=O) groups is 1. The average molecular weight is 655 g/mol. The summed E-state index contributed by atoms with van der Waals surface area (Å²) in [6.45, 7) is 7.34. The summed E-state index contributed by atoms with van der Waals surface area (Å²) in [7, 11) is 0. The quantitative estimate of drug-likeness (QED) is 0.0740. The second kappa shape index (κ2) is 19.1. The molecule has 244 valence electrons. The van der Waals surface area contributed by atoms with Gasteiger partial charge in [0, 0.05) is 35.4 Å². The molecule has 0 aliphatic rings. The fourth-order valence-corrected chi connectivity index (χ4v) is 3.44. The van der Waals surface area contributed by atoms with E-state index in [-0.39, 0.29) is 54.3 Å². The molecule has 4 aromatic carbocycles. The second-order valence-electron chi connectivity index (χ2n) is 9.67. The number of ketones is 1. The van der Waals surface area contributed by atoms with E-state index >= 15 is 0 Å². The van der Waals surface area contributed by atoms with Crippen LogP contribution in [0.3, 0.4) is 0 Å². The fourth-order valence-electron chi connectivity index (χ4n) is 3.44. The van der Waals surface area contributed by atoms with Gasteiger partial charge in [0.2, 0.25) is 0 Å². The molecule has 0 aromatic heterocycles. The van der Waals surface area contributed by atoms with Crippen LogP contribution in [0.2, 0.25) is 0 Å². The highest BCUT2D eigenvalue weighted by atomic mass is 35.5. The highest BCUT2D eigenvalue weighted by molar-refractivity contribution is 5.98. The zero-order chi connectivity index (χ0) is 33.5. The number of halogens is 1. The molecule has 4 N–H and O–H groups in total. The molecule has 14 heteroatoms. The molecule has 0 saturated carbocycles. The van der Waals surface area contributed by atoms with E-state index < -0.39 is 9.85 Å². The van der Waals surface area contributed by atoms with Crippen molar-refractivity contribution in [1.82, 2.24) is 0 Å². The minimum absolute atomic E-state index is 0. The number of benzene rings is 4. The minimum Gasteiger partial charge on any atom is -0.508 e. The summed E-state index contributed by atoms with van der Waals surface area (Å²) in [5, 5.41) is 43.6. The Labute approximate surface area is 271 Å². The van der Waals surface area contributed by atoms with E-state index in [9.17, 15) is 35.2 Å². The number of hydrogen-bond donors (Lipinski definition) is 3. The highest BCUT2D eigenvalue weighted by Gasteiger charge is 2.06. The Bertz CT molecular complexity index is 1640. The van der Waals surface area contributed by atoms with Crippen LogP contribution in [0.5, 0.6) is 11.5 Å². The third-order valence-corrected chi connectivity index (χ3v) is 6.22. The van der Waals surface area contributed by atoms with Gasteiger partial charge in [0.1, 0.15) is 18.1 Å². The van der Waals surface area contributed by atoms with Gasteiger partial charge in [-0.15, -0.1) is 12.4 Å². The number of hydrogen-bond acceptors (Lipinski definition) is 11. The molecule has 13 nitrogen and oxygen atoms in total. The van der Waals surface area contributed by atoms with Crippen LogP contribution in [-0.2, 0) is 22.9 Å². The van der Waals surface area contributed by atoms with E-state index in [4.69, 9.17) is 10.7 Å². The van der Waals surface area contributed by atoms with Gasteiger partial charge in [-0.3, -0.25) is 29.9 Å². The molecular formula is C32H35ClN4O9. The molecule has 0 spiro atoms. The maximum absolute atomic E-state index is 10.8. The Hall–Kier alpha value is -5.37. The summed E-state index contributed by atoms with van der Waals surface area (Å²) in [6, 6.07) is 22.3. The molecule has 4 rings (SSSR count). The van der Waals surface area contributed by atoms with Gasteiger partial charge in [-0.2, -0.15) is 0 Å². The molecule has 0 fully saturated rings. The number of non-ortho nitro benzene ring substituents is 2. The molecule has 0 aliphatic carbocycles. The number of nitro groups is 2. The largest absolute Gasteiger partial charge is 0.508 e. The molecule has 0 heterocycles. The van der Waals surface area contributed by atoms with Crippen molar-refractivity contribution in [2.75, 3.05) is 0 Å². The molecule has 4 aromatic rings. The molecule has 46 heavy (non-hydrogen) atoms. The summed E-state index contributed by atoms with van der Waals surface area (Å²) >= 11 is 0. The van der Waals surface area contributed by atoms with Crippen molar-refractivity contribution in [2.45, 2.75) is 40.9 Å². The van der Waals surface area contributed by atoms with Gasteiger partial charge in [-0.05, 0) is 86.3 Å². The van der Waals surface area contributed by atoms with Crippen LogP contribution in [0.15, 0.2) is 90.1 Å². The number of nitro benzene ring substituents is 2. The molecule has 0 amide bonds. The summed E-state index contributed by atoms with van der Waals surface area (Å²) in [5.74, 6) is 5.19. The highest BCUT2D eigenvalue weighted by Crippen LogP contribution is 2.19. The molecule has 0 unspecified atom stereocenters. The predicted octanol–water partition coefficient (Wildman–Crippen LogP) is 6.86. The van der Waals surface area contributed by atoms with Crippen molar-refractivity contribution in [3.05, 3.63) is 139 Å².